The Kier molecular flexibility index (Phi) is 9.16. The van der Waals surface area contributed by atoms with Crippen molar-refractivity contribution < 1.29 is 9.21 Å². The molecule has 0 aliphatic carbocycles. The van der Waals surface area contributed by atoms with Crippen LogP contribution in [-0.2, 0) is 17.8 Å². The van der Waals surface area contributed by atoms with Crippen LogP contribution in [0.15, 0.2) is 57.9 Å². The van der Waals surface area contributed by atoms with E-state index in [9.17, 15) is 4.79 Å². The molecule has 3 aromatic rings. The summed E-state index contributed by atoms with van der Waals surface area (Å²) < 4.78 is 5.95. The van der Waals surface area contributed by atoms with Gasteiger partial charge >= 0.3 is 0 Å². The summed E-state index contributed by atoms with van der Waals surface area (Å²) in [5, 5.41) is 10.6. The summed E-state index contributed by atoms with van der Waals surface area (Å²) in [7, 11) is 0. The lowest BCUT2D eigenvalue weighted by molar-refractivity contribution is -0.114. The molecule has 1 heterocycles. The first-order valence-corrected chi connectivity index (χ1v) is 9.92. The molecular formula is C23H29IN4O2. The molecule has 0 atom stereocenters. The lowest BCUT2D eigenvalue weighted by atomic mass is 10.1. The van der Waals surface area contributed by atoms with Gasteiger partial charge in [0, 0.05) is 36.7 Å². The number of carbonyl (C=O) groups excluding carboxylic acids is 1. The van der Waals surface area contributed by atoms with Crippen molar-refractivity contribution in [2.75, 3.05) is 18.4 Å². The number of benzene rings is 2. The third-order valence-corrected chi connectivity index (χ3v) is 4.65. The van der Waals surface area contributed by atoms with Crippen molar-refractivity contribution in [1.29, 1.82) is 0 Å². The van der Waals surface area contributed by atoms with Crippen LogP contribution in [0.2, 0.25) is 0 Å². The van der Waals surface area contributed by atoms with E-state index in [2.05, 4.69) is 33.9 Å². The van der Waals surface area contributed by atoms with E-state index >= 15 is 0 Å². The average Bonchev–Trinajstić information content (AvgIpc) is 3.03. The van der Waals surface area contributed by atoms with Gasteiger partial charge in [0.2, 0.25) is 5.91 Å². The van der Waals surface area contributed by atoms with Gasteiger partial charge in [0.25, 0.3) is 0 Å². The van der Waals surface area contributed by atoms with Crippen molar-refractivity contribution >= 4 is 52.5 Å². The molecule has 3 rings (SSSR count). The van der Waals surface area contributed by atoms with Gasteiger partial charge in [-0.3, -0.25) is 4.79 Å². The molecule has 30 heavy (non-hydrogen) atoms. The smallest absolute Gasteiger partial charge is 0.221 e. The SMILES string of the molecule is CCNC(=NCc1oc2ccccc2c1C)NCCc1ccc(NC(C)=O)cc1.I. The van der Waals surface area contributed by atoms with Gasteiger partial charge in [0.1, 0.15) is 17.9 Å². The summed E-state index contributed by atoms with van der Waals surface area (Å²) in [4.78, 5) is 15.8. The summed E-state index contributed by atoms with van der Waals surface area (Å²) in [5.74, 6) is 1.59. The van der Waals surface area contributed by atoms with E-state index < -0.39 is 0 Å². The fourth-order valence-corrected chi connectivity index (χ4v) is 3.15. The van der Waals surface area contributed by atoms with Crippen LogP contribution < -0.4 is 16.0 Å². The minimum atomic E-state index is -0.0643. The van der Waals surface area contributed by atoms with Gasteiger partial charge in [-0.1, -0.05) is 30.3 Å². The zero-order valence-corrected chi connectivity index (χ0v) is 19.9. The van der Waals surface area contributed by atoms with Crippen molar-refractivity contribution in [3.63, 3.8) is 0 Å². The summed E-state index contributed by atoms with van der Waals surface area (Å²) in [6.07, 6.45) is 0.856. The largest absolute Gasteiger partial charge is 0.459 e. The lowest BCUT2D eigenvalue weighted by Crippen LogP contribution is -2.38. The van der Waals surface area contributed by atoms with Crippen LogP contribution in [-0.4, -0.2) is 25.0 Å². The molecule has 0 saturated carbocycles. The second-order valence-electron chi connectivity index (χ2n) is 6.90. The van der Waals surface area contributed by atoms with Gasteiger partial charge in [0.05, 0.1) is 0 Å². The predicted octanol–water partition coefficient (Wildman–Crippen LogP) is 4.62. The van der Waals surface area contributed by atoms with Crippen LogP contribution in [0.25, 0.3) is 11.0 Å². The molecule has 6 nitrogen and oxygen atoms in total. The zero-order chi connectivity index (χ0) is 20.6. The molecule has 1 amide bonds. The molecule has 0 bridgehead atoms. The summed E-state index contributed by atoms with van der Waals surface area (Å²) >= 11 is 0. The summed E-state index contributed by atoms with van der Waals surface area (Å²) in [5.41, 5.74) is 4.04. The molecule has 0 unspecified atom stereocenters. The monoisotopic (exact) mass is 520 g/mol. The molecule has 0 spiro atoms. The van der Waals surface area contributed by atoms with Gasteiger partial charge in [-0.2, -0.15) is 0 Å². The number of rotatable bonds is 7. The fraction of sp³-hybridized carbons (Fsp3) is 0.304. The second-order valence-corrected chi connectivity index (χ2v) is 6.90. The average molecular weight is 520 g/mol. The molecule has 1 aromatic heterocycles. The minimum absolute atomic E-state index is 0. The van der Waals surface area contributed by atoms with E-state index in [4.69, 9.17) is 4.42 Å². The van der Waals surface area contributed by atoms with Crippen LogP contribution >= 0.6 is 24.0 Å². The van der Waals surface area contributed by atoms with Gasteiger partial charge in [0.15, 0.2) is 5.96 Å². The van der Waals surface area contributed by atoms with E-state index in [0.717, 1.165) is 53.5 Å². The molecule has 160 valence electrons. The van der Waals surface area contributed by atoms with Crippen molar-refractivity contribution in [1.82, 2.24) is 10.6 Å². The number of guanidine groups is 1. The quantitative estimate of drug-likeness (QED) is 0.242. The number of aliphatic imine (C=N–C) groups is 1. The number of hydrogen-bond acceptors (Lipinski definition) is 3. The number of nitrogens with one attached hydrogen (secondary N) is 3. The van der Waals surface area contributed by atoms with Crippen molar-refractivity contribution in [2.24, 2.45) is 4.99 Å². The number of fused-ring (bicyclic) bond motifs is 1. The van der Waals surface area contributed by atoms with E-state index in [1.807, 2.05) is 49.4 Å². The zero-order valence-electron chi connectivity index (χ0n) is 17.6. The second kappa shape index (κ2) is 11.6. The molecule has 0 aliphatic heterocycles. The molecular weight excluding hydrogens is 491 g/mol. The summed E-state index contributed by atoms with van der Waals surface area (Å²) in [6, 6.07) is 15.9. The van der Waals surface area contributed by atoms with Crippen LogP contribution in [0.5, 0.6) is 0 Å². The Bertz CT molecular complexity index is 996. The molecule has 3 N–H and O–H groups in total. The highest BCUT2D eigenvalue weighted by Gasteiger charge is 2.09. The number of aryl methyl sites for hydroxylation is 1. The summed E-state index contributed by atoms with van der Waals surface area (Å²) in [6.45, 7) is 7.65. The normalized spacial score (nSPS) is 11.1. The molecule has 7 heteroatoms. The number of halogens is 1. The van der Waals surface area contributed by atoms with Crippen LogP contribution in [0.3, 0.4) is 0 Å². The van der Waals surface area contributed by atoms with Gasteiger partial charge in [-0.25, -0.2) is 4.99 Å². The first-order chi connectivity index (χ1) is 14.1. The van der Waals surface area contributed by atoms with E-state index in [-0.39, 0.29) is 29.9 Å². The third-order valence-electron chi connectivity index (χ3n) is 4.65. The van der Waals surface area contributed by atoms with E-state index in [1.165, 1.54) is 12.5 Å². The molecule has 0 radical (unpaired) electrons. The van der Waals surface area contributed by atoms with Gasteiger partial charge in [-0.05, 0) is 44.0 Å². The Morgan fingerprint density at radius 3 is 2.47 bits per heavy atom. The maximum Gasteiger partial charge on any atom is 0.221 e. The maximum atomic E-state index is 11.1. The highest BCUT2D eigenvalue weighted by Crippen LogP contribution is 2.25. The first-order valence-electron chi connectivity index (χ1n) is 9.92. The van der Waals surface area contributed by atoms with Crippen molar-refractivity contribution in [3.8, 4) is 0 Å². The first kappa shape index (κ1) is 23.7. The maximum absolute atomic E-state index is 11.1. The highest BCUT2D eigenvalue weighted by atomic mass is 127. The number of amides is 1. The molecule has 0 aliphatic rings. The standard InChI is InChI=1S/C23H28N4O2.HI/c1-4-24-23(25-14-13-18-9-11-19(12-10-18)27-17(3)28)26-15-22-16(2)20-7-5-6-8-21(20)29-22;/h5-12H,4,13-15H2,1-3H3,(H,27,28)(H2,24,25,26);1H. The third kappa shape index (κ3) is 6.48. The van der Waals surface area contributed by atoms with Gasteiger partial charge < -0.3 is 20.4 Å². The van der Waals surface area contributed by atoms with E-state index in [1.54, 1.807) is 0 Å². The highest BCUT2D eigenvalue weighted by molar-refractivity contribution is 14.0. The van der Waals surface area contributed by atoms with Crippen LogP contribution in [0.1, 0.15) is 30.7 Å². The molecule has 2 aromatic carbocycles. The number of hydrogen-bond donors (Lipinski definition) is 3. The topological polar surface area (TPSA) is 78.7 Å². The number of para-hydroxylation sites is 1. The van der Waals surface area contributed by atoms with E-state index in [0.29, 0.717) is 6.54 Å². The number of nitrogens with zero attached hydrogens (tertiary/aromatic N) is 1. The fourth-order valence-electron chi connectivity index (χ4n) is 3.15. The molecule has 0 saturated heterocycles. The Morgan fingerprint density at radius 1 is 1.07 bits per heavy atom. The lowest BCUT2D eigenvalue weighted by Gasteiger charge is -2.11. The van der Waals surface area contributed by atoms with Crippen LogP contribution in [0, 0.1) is 6.92 Å². The Morgan fingerprint density at radius 2 is 1.80 bits per heavy atom. The van der Waals surface area contributed by atoms with Gasteiger partial charge in [-0.15, -0.1) is 24.0 Å². The minimum Gasteiger partial charge on any atom is -0.459 e. The number of anilines is 1. The number of furan rings is 1. The van der Waals surface area contributed by atoms with Crippen molar-refractivity contribution in [2.45, 2.75) is 33.7 Å². The predicted molar refractivity (Wildman–Crippen MR) is 134 cm³/mol. The molecule has 0 fully saturated rings. The Hall–Kier alpha value is -2.55. The van der Waals surface area contributed by atoms with Crippen molar-refractivity contribution in [3.05, 3.63) is 65.4 Å². The Labute approximate surface area is 194 Å². The number of carbonyl (C=O) groups is 1. The Balaban J connectivity index is 0.00000320. The van der Waals surface area contributed by atoms with Crippen LogP contribution in [0.4, 0.5) is 5.69 Å².